The first kappa shape index (κ1) is 23.0. The lowest BCUT2D eigenvalue weighted by Crippen LogP contribution is -2.19. The van der Waals surface area contributed by atoms with Crippen LogP contribution in [0.25, 0.3) is 11.1 Å². The molecule has 4 N–H and O–H groups in total. The van der Waals surface area contributed by atoms with Crippen molar-refractivity contribution in [1.29, 1.82) is 0 Å². The fourth-order valence-electron chi connectivity index (χ4n) is 2.57. The van der Waals surface area contributed by atoms with Gasteiger partial charge in [0.25, 0.3) is 5.91 Å². The second kappa shape index (κ2) is 7.52. The smallest absolute Gasteiger partial charge is 0.403 e. The van der Waals surface area contributed by atoms with Crippen molar-refractivity contribution in [3.63, 3.8) is 0 Å². The molecule has 0 aliphatic heterocycles. The molecule has 6 nitrogen and oxygen atoms in total. The lowest BCUT2D eigenvalue weighted by atomic mass is 9.91. The van der Waals surface area contributed by atoms with Crippen molar-refractivity contribution in [2.75, 3.05) is 0 Å². The van der Waals surface area contributed by atoms with Crippen molar-refractivity contribution >= 4 is 25.3 Å². The van der Waals surface area contributed by atoms with E-state index in [0.29, 0.717) is 12.1 Å². The Bertz CT molecular complexity index is 1020. The Morgan fingerprint density at radius 3 is 2.07 bits per heavy atom. The minimum absolute atomic E-state index is 0.181. The van der Waals surface area contributed by atoms with Gasteiger partial charge in [-0.05, 0) is 23.8 Å². The Morgan fingerprint density at radius 1 is 1.03 bits per heavy atom. The summed E-state index contributed by atoms with van der Waals surface area (Å²) in [7, 11) is -5.31. The number of hydrogen-bond acceptors (Lipinski definition) is 3. The van der Waals surface area contributed by atoms with Gasteiger partial charge in [0, 0.05) is 10.6 Å². The molecule has 158 valence electrons. The minimum atomic E-state index is -5.54. The van der Waals surface area contributed by atoms with E-state index in [1.807, 2.05) is 0 Å². The standard InChI is InChI=1S/C15H9ClF6NO5P/c16-8-4-5-9(28-29(25,26)27)11(13(23)24)10(8)6-2-1-3-7(14(17,18)19)12(6)15(20,21)22/h1-5H,(H2,23,24)(H2,25,26,27). The van der Waals surface area contributed by atoms with Crippen LogP contribution in [0.4, 0.5) is 26.3 Å². The van der Waals surface area contributed by atoms with Crippen molar-refractivity contribution in [2.24, 2.45) is 5.73 Å². The summed E-state index contributed by atoms with van der Waals surface area (Å²) < 4.78 is 95.5. The summed E-state index contributed by atoms with van der Waals surface area (Å²) in [6.45, 7) is 0. The molecule has 2 aromatic carbocycles. The molecule has 0 atom stereocenters. The summed E-state index contributed by atoms with van der Waals surface area (Å²) in [5, 5.41) is -0.637. The van der Waals surface area contributed by atoms with Gasteiger partial charge in [0.1, 0.15) is 5.75 Å². The number of nitrogens with two attached hydrogens (primary N) is 1. The zero-order valence-electron chi connectivity index (χ0n) is 13.7. The second-order valence-corrected chi connectivity index (χ2v) is 7.04. The Kier molecular flexibility index (Phi) is 5.97. The zero-order chi connectivity index (χ0) is 22.4. The van der Waals surface area contributed by atoms with Gasteiger partial charge in [0.05, 0.1) is 16.7 Å². The van der Waals surface area contributed by atoms with Crippen molar-refractivity contribution in [3.05, 3.63) is 52.0 Å². The van der Waals surface area contributed by atoms with Crippen LogP contribution in [0.5, 0.6) is 5.75 Å². The van der Waals surface area contributed by atoms with E-state index >= 15 is 0 Å². The van der Waals surface area contributed by atoms with Gasteiger partial charge in [0.15, 0.2) is 0 Å². The third-order valence-electron chi connectivity index (χ3n) is 3.50. The van der Waals surface area contributed by atoms with E-state index in [2.05, 4.69) is 4.52 Å². The van der Waals surface area contributed by atoms with Crippen LogP contribution in [0.15, 0.2) is 30.3 Å². The highest BCUT2D eigenvalue weighted by molar-refractivity contribution is 7.46. The van der Waals surface area contributed by atoms with Crippen molar-refractivity contribution < 1.29 is 50.0 Å². The molecule has 0 bridgehead atoms. The average Bonchev–Trinajstić information content (AvgIpc) is 2.52. The Labute approximate surface area is 163 Å². The van der Waals surface area contributed by atoms with E-state index in [9.17, 15) is 35.7 Å². The summed E-state index contributed by atoms with van der Waals surface area (Å²) in [6, 6.07) is 2.94. The molecule has 0 aliphatic rings. The number of alkyl halides is 6. The van der Waals surface area contributed by atoms with Crippen LogP contribution in [-0.2, 0) is 16.9 Å². The van der Waals surface area contributed by atoms with E-state index in [4.69, 9.17) is 27.1 Å². The molecule has 29 heavy (non-hydrogen) atoms. The fraction of sp³-hybridized carbons (Fsp3) is 0.133. The maximum absolute atomic E-state index is 13.5. The van der Waals surface area contributed by atoms with Crippen LogP contribution in [0.3, 0.4) is 0 Å². The third kappa shape index (κ3) is 5.02. The van der Waals surface area contributed by atoms with Gasteiger partial charge in [0.2, 0.25) is 0 Å². The molecule has 1 amide bonds. The molecule has 0 saturated carbocycles. The van der Waals surface area contributed by atoms with Gasteiger partial charge in [-0.1, -0.05) is 23.7 Å². The lowest BCUT2D eigenvalue weighted by molar-refractivity contribution is -0.161. The van der Waals surface area contributed by atoms with Gasteiger partial charge < -0.3 is 10.3 Å². The first-order valence-corrected chi connectivity index (χ1v) is 9.10. The lowest BCUT2D eigenvalue weighted by Gasteiger charge is -2.22. The largest absolute Gasteiger partial charge is 0.524 e. The first-order valence-electron chi connectivity index (χ1n) is 7.19. The molecule has 0 radical (unpaired) electrons. The third-order valence-corrected chi connectivity index (χ3v) is 4.25. The highest BCUT2D eigenvalue weighted by atomic mass is 35.5. The van der Waals surface area contributed by atoms with Crippen LogP contribution in [0.1, 0.15) is 21.5 Å². The predicted molar refractivity (Wildman–Crippen MR) is 88.1 cm³/mol. The normalized spacial score (nSPS) is 12.7. The number of amides is 1. The highest BCUT2D eigenvalue weighted by Crippen LogP contribution is 2.49. The average molecular weight is 464 g/mol. The number of halogens is 7. The Balaban J connectivity index is 3.01. The number of phosphoric acid groups is 1. The minimum Gasteiger partial charge on any atom is -0.403 e. The van der Waals surface area contributed by atoms with Crippen LogP contribution < -0.4 is 10.3 Å². The van der Waals surface area contributed by atoms with Crippen molar-refractivity contribution in [2.45, 2.75) is 12.4 Å². The molecule has 0 spiro atoms. The second-order valence-electron chi connectivity index (χ2n) is 5.47. The zero-order valence-corrected chi connectivity index (χ0v) is 15.3. The molecule has 0 heterocycles. The van der Waals surface area contributed by atoms with Gasteiger partial charge in [-0.2, -0.15) is 26.3 Å². The SMILES string of the molecule is NC(=O)c1c(OP(=O)(O)O)ccc(Cl)c1-c1cccc(C(F)(F)F)c1C(F)(F)F. The highest BCUT2D eigenvalue weighted by Gasteiger charge is 2.45. The maximum atomic E-state index is 13.5. The molecule has 0 unspecified atom stereocenters. The van der Waals surface area contributed by atoms with Crippen LogP contribution >= 0.6 is 19.4 Å². The van der Waals surface area contributed by atoms with Crippen molar-refractivity contribution in [1.82, 2.24) is 0 Å². The van der Waals surface area contributed by atoms with E-state index in [1.165, 1.54) is 0 Å². The molecular formula is C15H9ClF6NO5P. The monoisotopic (exact) mass is 463 g/mol. The van der Waals surface area contributed by atoms with E-state index in [0.717, 1.165) is 12.1 Å². The van der Waals surface area contributed by atoms with Crippen molar-refractivity contribution in [3.8, 4) is 16.9 Å². The number of phosphoric ester groups is 1. The molecule has 0 saturated heterocycles. The molecule has 0 fully saturated rings. The van der Waals surface area contributed by atoms with E-state index in [-0.39, 0.29) is 6.07 Å². The molecule has 2 aromatic rings. The molecule has 0 aliphatic carbocycles. The van der Waals surface area contributed by atoms with Crippen LogP contribution in [0.2, 0.25) is 5.02 Å². The summed E-state index contributed by atoms with van der Waals surface area (Å²) in [5.74, 6) is -2.51. The van der Waals surface area contributed by atoms with Gasteiger partial charge in [-0.3, -0.25) is 14.6 Å². The Morgan fingerprint density at radius 2 is 1.62 bits per heavy atom. The Hall–Kier alpha value is -2.27. The molecule has 0 aromatic heterocycles. The summed E-state index contributed by atoms with van der Waals surface area (Å²) in [4.78, 5) is 29.7. The quantitative estimate of drug-likeness (QED) is 0.453. The van der Waals surface area contributed by atoms with Crippen LogP contribution in [0, 0.1) is 0 Å². The number of carbonyl (C=O) groups excluding carboxylic acids is 1. The van der Waals surface area contributed by atoms with E-state index < -0.39 is 64.7 Å². The predicted octanol–water partition coefficient (Wildman–Crippen LogP) is 4.62. The number of hydrogen-bond donors (Lipinski definition) is 3. The topological polar surface area (TPSA) is 110 Å². The summed E-state index contributed by atoms with van der Waals surface area (Å²) >= 11 is 5.83. The summed E-state index contributed by atoms with van der Waals surface area (Å²) in [5.41, 5.74) is -2.27. The number of carbonyl (C=O) groups is 1. The number of primary amides is 1. The number of rotatable bonds is 4. The molecular weight excluding hydrogens is 455 g/mol. The molecule has 2 rings (SSSR count). The maximum Gasteiger partial charge on any atom is 0.524 e. The first-order chi connectivity index (χ1) is 13.0. The van der Waals surface area contributed by atoms with Gasteiger partial charge in [-0.25, -0.2) is 4.57 Å². The van der Waals surface area contributed by atoms with Gasteiger partial charge >= 0.3 is 20.2 Å². The summed E-state index contributed by atoms with van der Waals surface area (Å²) in [6.07, 6.45) is -11.0. The fourth-order valence-corrected chi connectivity index (χ4v) is 3.24. The van der Waals surface area contributed by atoms with Gasteiger partial charge in [-0.15, -0.1) is 0 Å². The molecule has 14 heteroatoms. The number of benzene rings is 2. The van der Waals surface area contributed by atoms with E-state index in [1.54, 1.807) is 0 Å². The van der Waals surface area contributed by atoms with Crippen LogP contribution in [-0.4, -0.2) is 15.7 Å².